The van der Waals surface area contributed by atoms with E-state index in [0.29, 0.717) is 32.1 Å². The van der Waals surface area contributed by atoms with Crippen LogP contribution in [-0.4, -0.2) is 245 Å². The van der Waals surface area contributed by atoms with E-state index >= 15 is 0 Å². The summed E-state index contributed by atoms with van der Waals surface area (Å²) in [5.41, 5.74) is -0.415. The van der Waals surface area contributed by atoms with Crippen molar-refractivity contribution in [2.24, 2.45) is 44.3 Å². The highest BCUT2D eigenvalue weighted by molar-refractivity contribution is 5.46. The van der Waals surface area contributed by atoms with Crippen LogP contribution in [0.5, 0.6) is 0 Å². The highest BCUT2D eigenvalue weighted by atomic mass is 16.8. The van der Waals surface area contributed by atoms with Crippen LogP contribution < -0.4 is 0 Å². The van der Waals surface area contributed by atoms with Gasteiger partial charge in [0, 0.05) is 16.2 Å². The van der Waals surface area contributed by atoms with Crippen molar-refractivity contribution >= 4 is 0 Å². The molecule has 23 nitrogen and oxygen atoms in total. The molecule has 0 aromatic heterocycles. The van der Waals surface area contributed by atoms with Crippen LogP contribution in [0.25, 0.3) is 0 Å². The van der Waals surface area contributed by atoms with Gasteiger partial charge < -0.3 is 114 Å². The minimum Gasteiger partial charge on any atom is -0.396 e. The molecule has 0 aromatic rings. The monoisotopic (exact) mass is 1100 g/mol. The molecule has 0 spiro atoms. The number of ether oxygens (including phenoxy) is 8. The second-order valence-electron chi connectivity index (χ2n) is 25.9. The summed E-state index contributed by atoms with van der Waals surface area (Å²) in [6, 6.07) is 0. The lowest BCUT2D eigenvalue weighted by Gasteiger charge is -2.69. The van der Waals surface area contributed by atoms with E-state index in [1.807, 2.05) is 6.92 Å². The van der Waals surface area contributed by atoms with Gasteiger partial charge in [-0.3, -0.25) is 0 Å². The van der Waals surface area contributed by atoms with Crippen molar-refractivity contribution in [3.8, 4) is 0 Å². The standard InChI is InChI=1S/C54H88O23/c1-23-33(60)43(76-47-42(69)39(66)36(63)28(74-47)20-70-45-40(67)37(64)34(61)26(18-55)72-45)44(77-46-41(68)38(65)35(62)27(19-56)73-46)48(71-23)75-32-11-12-50(4)29(51(32,5)21-57)10-13-52(6)30(50)9-8-24-25-16-49(2,3)14-15-54(25,22-58)31(59)17-53(24,52)7/h8-9,23,25-29,31-48,55-69H,10-22H2,1-7H3. The maximum atomic E-state index is 12.2. The van der Waals surface area contributed by atoms with Crippen LogP contribution in [0.4, 0.5) is 0 Å². The Labute approximate surface area is 448 Å². The van der Waals surface area contributed by atoms with Crippen LogP contribution in [0.3, 0.4) is 0 Å². The molecule has 0 bridgehead atoms. The van der Waals surface area contributed by atoms with E-state index in [9.17, 15) is 76.6 Å². The van der Waals surface area contributed by atoms with E-state index < -0.39 is 182 Å². The molecule has 4 aliphatic heterocycles. The first kappa shape index (κ1) is 60.2. The second kappa shape index (κ2) is 22.0. The Balaban J connectivity index is 1.01. The molecule has 9 aliphatic rings. The van der Waals surface area contributed by atoms with Crippen molar-refractivity contribution in [3.05, 3.63) is 23.3 Å². The van der Waals surface area contributed by atoms with Gasteiger partial charge in [-0.05, 0) is 86.4 Å². The summed E-state index contributed by atoms with van der Waals surface area (Å²) in [6.45, 7) is 12.1. The third kappa shape index (κ3) is 9.76. The first-order valence-electron chi connectivity index (χ1n) is 27.7. The van der Waals surface area contributed by atoms with Crippen LogP contribution >= 0.6 is 0 Å². The predicted octanol–water partition coefficient (Wildman–Crippen LogP) is -2.67. The highest BCUT2D eigenvalue weighted by Crippen LogP contribution is 2.75. The second-order valence-corrected chi connectivity index (χ2v) is 25.9. The molecule has 15 N–H and O–H groups in total. The average Bonchev–Trinajstić information content (AvgIpc) is 3.53. The number of rotatable bonds is 13. The van der Waals surface area contributed by atoms with Crippen molar-refractivity contribution in [2.45, 2.75) is 235 Å². The molecule has 4 saturated carbocycles. The van der Waals surface area contributed by atoms with Gasteiger partial charge in [-0.2, -0.15) is 0 Å². The van der Waals surface area contributed by atoms with Crippen molar-refractivity contribution < 1.29 is 114 Å². The normalized spacial score (nSPS) is 54.7. The molecule has 29 atom stereocenters. The van der Waals surface area contributed by atoms with Crippen molar-refractivity contribution in [1.29, 1.82) is 0 Å². The number of hydrogen-bond acceptors (Lipinski definition) is 23. The Morgan fingerprint density at radius 2 is 1.08 bits per heavy atom. The molecule has 77 heavy (non-hydrogen) atoms. The maximum absolute atomic E-state index is 12.2. The van der Waals surface area contributed by atoms with Gasteiger partial charge in [0.25, 0.3) is 0 Å². The smallest absolute Gasteiger partial charge is 0.187 e. The number of fused-ring (bicyclic) bond motifs is 7. The number of allylic oxidation sites excluding steroid dienone is 4. The molecule has 0 radical (unpaired) electrons. The fraction of sp³-hybridized carbons (Fsp3) is 0.926. The molecule has 29 unspecified atom stereocenters. The Bertz CT molecular complexity index is 2130. The lowest BCUT2D eigenvalue weighted by Crippen LogP contribution is -2.68. The molecule has 9 rings (SSSR count). The molecule has 0 amide bonds. The molecule has 442 valence electrons. The van der Waals surface area contributed by atoms with Gasteiger partial charge in [0.05, 0.1) is 51.3 Å². The minimum absolute atomic E-state index is 0.00977. The number of aliphatic hydroxyl groups excluding tert-OH is 15. The predicted molar refractivity (Wildman–Crippen MR) is 264 cm³/mol. The molecule has 8 fully saturated rings. The van der Waals surface area contributed by atoms with Gasteiger partial charge in [0.1, 0.15) is 91.6 Å². The van der Waals surface area contributed by atoms with Crippen LogP contribution in [-0.2, 0) is 37.9 Å². The van der Waals surface area contributed by atoms with Gasteiger partial charge in [-0.1, -0.05) is 64.8 Å². The van der Waals surface area contributed by atoms with E-state index in [1.54, 1.807) is 0 Å². The molecule has 0 aromatic carbocycles. The van der Waals surface area contributed by atoms with E-state index in [1.165, 1.54) is 18.1 Å². The molecular weight excluding hydrogens is 1020 g/mol. The zero-order valence-corrected chi connectivity index (χ0v) is 45.2. The third-order valence-corrected chi connectivity index (χ3v) is 21.1. The molecule has 23 heteroatoms. The molecule has 4 saturated heterocycles. The SMILES string of the molecule is CC1OC(OC2CCC3(C)C4=CC=C5C6CC(C)(C)CCC6(CO)C(O)CC5(C)C4(C)CCC3C2(C)CO)C(OC2OC(CO)C(O)C(O)C2O)C(OC2OC(COC3OC(CO)C(O)C(O)C3O)C(O)C(O)C2O)C1O. The van der Waals surface area contributed by atoms with Gasteiger partial charge >= 0.3 is 0 Å². The van der Waals surface area contributed by atoms with Gasteiger partial charge in [0.2, 0.25) is 0 Å². The maximum Gasteiger partial charge on any atom is 0.187 e. The Kier molecular flexibility index (Phi) is 17.2. The van der Waals surface area contributed by atoms with E-state index in [-0.39, 0.29) is 30.5 Å². The largest absolute Gasteiger partial charge is 0.396 e. The summed E-state index contributed by atoms with van der Waals surface area (Å²) in [6.07, 6.45) is -26.1. The lowest BCUT2D eigenvalue weighted by molar-refractivity contribution is -0.398. The summed E-state index contributed by atoms with van der Waals surface area (Å²) in [7, 11) is 0. The average molecular weight is 1110 g/mol. The fourth-order valence-corrected chi connectivity index (χ4v) is 15.9. The number of aliphatic hydroxyl groups is 15. The minimum atomic E-state index is -2.03. The molecule has 4 heterocycles. The number of hydrogen-bond donors (Lipinski definition) is 15. The highest BCUT2D eigenvalue weighted by Gasteiger charge is 2.69. The first-order valence-corrected chi connectivity index (χ1v) is 27.7. The Hall–Kier alpha value is -1.44. The van der Waals surface area contributed by atoms with Crippen LogP contribution in [0.15, 0.2) is 23.3 Å². The topological polar surface area (TPSA) is 377 Å². The van der Waals surface area contributed by atoms with E-state index in [0.717, 1.165) is 19.3 Å². The lowest BCUT2D eigenvalue weighted by atomic mass is 9.35. The zero-order chi connectivity index (χ0) is 56.3. The fourth-order valence-electron chi connectivity index (χ4n) is 15.9. The first-order chi connectivity index (χ1) is 36.1. The summed E-state index contributed by atoms with van der Waals surface area (Å²) < 4.78 is 48.8. The summed E-state index contributed by atoms with van der Waals surface area (Å²) in [5, 5.41) is 164. The summed E-state index contributed by atoms with van der Waals surface area (Å²) in [5.74, 6) is -0.205. The quantitative estimate of drug-likeness (QED) is 0.0836. The van der Waals surface area contributed by atoms with Crippen LogP contribution in [0.2, 0.25) is 0 Å². The van der Waals surface area contributed by atoms with Crippen LogP contribution in [0, 0.1) is 44.3 Å². The summed E-state index contributed by atoms with van der Waals surface area (Å²) in [4.78, 5) is 0. The zero-order valence-electron chi connectivity index (χ0n) is 45.2. The van der Waals surface area contributed by atoms with E-state index in [2.05, 4.69) is 46.8 Å². The third-order valence-electron chi connectivity index (χ3n) is 21.1. The van der Waals surface area contributed by atoms with Gasteiger partial charge in [0.15, 0.2) is 25.2 Å². The molecular formula is C54H88O23. The van der Waals surface area contributed by atoms with Crippen LogP contribution in [0.1, 0.15) is 99.8 Å². The van der Waals surface area contributed by atoms with Gasteiger partial charge in [-0.25, -0.2) is 0 Å². The van der Waals surface area contributed by atoms with Gasteiger partial charge in [-0.15, -0.1) is 0 Å². The van der Waals surface area contributed by atoms with E-state index in [4.69, 9.17) is 37.9 Å². The Morgan fingerprint density at radius 1 is 0.519 bits per heavy atom. The van der Waals surface area contributed by atoms with Crippen molar-refractivity contribution in [1.82, 2.24) is 0 Å². The van der Waals surface area contributed by atoms with Crippen molar-refractivity contribution in [3.63, 3.8) is 0 Å². The Morgan fingerprint density at radius 3 is 1.66 bits per heavy atom. The summed E-state index contributed by atoms with van der Waals surface area (Å²) >= 11 is 0. The molecule has 5 aliphatic carbocycles. The van der Waals surface area contributed by atoms with Crippen molar-refractivity contribution in [2.75, 3.05) is 33.0 Å².